The van der Waals surface area contributed by atoms with Crippen molar-refractivity contribution in [2.45, 2.75) is 51.0 Å². The topological polar surface area (TPSA) is 81.1 Å². The molecule has 1 aliphatic heterocycles. The summed E-state index contributed by atoms with van der Waals surface area (Å²) in [4.78, 5) is 18.6. The van der Waals surface area contributed by atoms with Gasteiger partial charge in [0.1, 0.15) is 11.9 Å². The summed E-state index contributed by atoms with van der Waals surface area (Å²) < 4.78 is 0. The van der Waals surface area contributed by atoms with Crippen LogP contribution in [0.2, 0.25) is 0 Å². The van der Waals surface area contributed by atoms with Gasteiger partial charge in [0, 0.05) is 31.9 Å². The number of carbonyl (C=O) groups excluding carboxylic acids is 1. The first kappa shape index (κ1) is 17.5. The average molecular weight is 341 g/mol. The highest BCUT2D eigenvalue weighted by Crippen LogP contribution is 2.23. The maximum Gasteiger partial charge on any atom is 0.315 e. The van der Waals surface area contributed by atoms with E-state index in [1.165, 1.54) is 19.3 Å². The van der Waals surface area contributed by atoms with E-state index in [2.05, 4.69) is 26.6 Å². The van der Waals surface area contributed by atoms with Crippen LogP contribution in [0.5, 0.6) is 0 Å². The van der Waals surface area contributed by atoms with Gasteiger partial charge < -0.3 is 15.5 Å². The lowest BCUT2D eigenvalue weighted by molar-refractivity contribution is 0.229. The first-order chi connectivity index (χ1) is 12.3. The molecule has 0 unspecified atom stereocenters. The van der Waals surface area contributed by atoms with Gasteiger partial charge in [-0.2, -0.15) is 5.26 Å². The first-order valence-electron chi connectivity index (χ1n) is 9.40. The number of nitrogens with zero attached hydrogens (tertiary/aromatic N) is 3. The van der Waals surface area contributed by atoms with E-state index < -0.39 is 0 Å². The molecule has 6 heteroatoms. The standard InChI is InChI=1S/C19H27N5O/c20-13-16-5-4-10-21-18(16)24-11-8-15(9-12-24)14-22-19(25)23-17-6-2-1-3-7-17/h4-5,10,15,17H,1-3,6-9,11-12,14H2,(H2,22,23,25). The molecule has 2 fully saturated rings. The Morgan fingerprint density at radius 1 is 1.24 bits per heavy atom. The van der Waals surface area contributed by atoms with E-state index in [0.29, 0.717) is 17.5 Å². The summed E-state index contributed by atoms with van der Waals surface area (Å²) in [5.41, 5.74) is 0.630. The predicted octanol–water partition coefficient (Wildman–Crippen LogP) is 2.80. The molecule has 1 saturated heterocycles. The van der Waals surface area contributed by atoms with E-state index in [0.717, 1.165) is 51.1 Å². The van der Waals surface area contributed by atoms with Crippen LogP contribution < -0.4 is 15.5 Å². The van der Waals surface area contributed by atoms with E-state index in [9.17, 15) is 10.1 Å². The van der Waals surface area contributed by atoms with Crippen LogP contribution in [0.4, 0.5) is 10.6 Å². The van der Waals surface area contributed by atoms with E-state index in [-0.39, 0.29) is 6.03 Å². The number of hydrogen-bond acceptors (Lipinski definition) is 4. The van der Waals surface area contributed by atoms with Crippen molar-refractivity contribution >= 4 is 11.8 Å². The number of amides is 2. The predicted molar refractivity (Wildman–Crippen MR) is 97.3 cm³/mol. The van der Waals surface area contributed by atoms with E-state index in [1.807, 2.05) is 6.07 Å². The summed E-state index contributed by atoms with van der Waals surface area (Å²) in [5.74, 6) is 1.27. The maximum atomic E-state index is 12.0. The van der Waals surface area contributed by atoms with Crippen LogP contribution in [-0.4, -0.2) is 36.7 Å². The number of aromatic nitrogens is 1. The Bertz CT molecular complexity index is 612. The highest BCUT2D eigenvalue weighted by molar-refractivity contribution is 5.74. The fourth-order valence-electron chi connectivity index (χ4n) is 3.81. The highest BCUT2D eigenvalue weighted by Gasteiger charge is 2.22. The summed E-state index contributed by atoms with van der Waals surface area (Å²) in [6.07, 6.45) is 9.70. The fourth-order valence-corrected chi connectivity index (χ4v) is 3.81. The number of urea groups is 1. The summed E-state index contributed by atoms with van der Waals surface area (Å²) in [5, 5.41) is 15.4. The van der Waals surface area contributed by atoms with Crippen molar-refractivity contribution in [1.29, 1.82) is 5.26 Å². The molecule has 3 rings (SSSR count). The molecular weight excluding hydrogens is 314 g/mol. The van der Waals surface area contributed by atoms with Crippen molar-refractivity contribution in [2.75, 3.05) is 24.5 Å². The number of pyridine rings is 1. The Morgan fingerprint density at radius 2 is 2.00 bits per heavy atom. The third kappa shape index (κ3) is 4.85. The largest absolute Gasteiger partial charge is 0.356 e. The number of nitriles is 1. The van der Waals surface area contributed by atoms with Gasteiger partial charge in [-0.25, -0.2) is 9.78 Å². The zero-order chi connectivity index (χ0) is 17.5. The van der Waals surface area contributed by atoms with Crippen molar-refractivity contribution in [3.05, 3.63) is 23.9 Å². The SMILES string of the molecule is N#Cc1cccnc1N1CCC(CNC(=O)NC2CCCCC2)CC1. The molecule has 134 valence electrons. The number of carbonyl (C=O) groups is 1. The van der Waals surface area contributed by atoms with Crippen LogP contribution >= 0.6 is 0 Å². The molecule has 0 spiro atoms. The van der Waals surface area contributed by atoms with Crippen LogP contribution in [0.1, 0.15) is 50.5 Å². The highest BCUT2D eigenvalue weighted by atomic mass is 16.2. The molecule has 1 aliphatic carbocycles. The van der Waals surface area contributed by atoms with E-state index in [4.69, 9.17) is 0 Å². The molecule has 25 heavy (non-hydrogen) atoms. The summed E-state index contributed by atoms with van der Waals surface area (Å²) in [6.45, 7) is 2.48. The molecule has 2 aliphatic rings. The van der Waals surface area contributed by atoms with Gasteiger partial charge >= 0.3 is 6.03 Å². The van der Waals surface area contributed by atoms with Crippen molar-refractivity contribution in [2.24, 2.45) is 5.92 Å². The van der Waals surface area contributed by atoms with E-state index in [1.54, 1.807) is 12.3 Å². The van der Waals surface area contributed by atoms with Crippen molar-refractivity contribution in [3.63, 3.8) is 0 Å². The third-order valence-electron chi connectivity index (χ3n) is 5.31. The Hall–Kier alpha value is -2.29. The minimum absolute atomic E-state index is 0.0224. The molecule has 2 heterocycles. The second-order valence-electron chi connectivity index (χ2n) is 7.11. The van der Waals surface area contributed by atoms with Gasteiger partial charge in [0.25, 0.3) is 0 Å². The van der Waals surface area contributed by atoms with Gasteiger partial charge in [0.15, 0.2) is 0 Å². The van der Waals surface area contributed by atoms with Crippen molar-refractivity contribution < 1.29 is 4.79 Å². The Balaban J connectivity index is 1.40. The second kappa shape index (κ2) is 8.70. The number of anilines is 1. The molecule has 1 aromatic rings. The van der Waals surface area contributed by atoms with Crippen LogP contribution in [0.15, 0.2) is 18.3 Å². The first-order valence-corrected chi connectivity index (χ1v) is 9.40. The molecule has 6 nitrogen and oxygen atoms in total. The molecule has 0 bridgehead atoms. The van der Waals surface area contributed by atoms with Gasteiger partial charge in [0.05, 0.1) is 5.56 Å². The maximum absolute atomic E-state index is 12.0. The number of piperidine rings is 1. The van der Waals surface area contributed by atoms with Crippen molar-refractivity contribution in [3.8, 4) is 6.07 Å². The summed E-state index contributed by atoms with van der Waals surface area (Å²) >= 11 is 0. The second-order valence-corrected chi connectivity index (χ2v) is 7.11. The average Bonchev–Trinajstić information content (AvgIpc) is 2.67. The number of hydrogen-bond donors (Lipinski definition) is 2. The lowest BCUT2D eigenvalue weighted by Gasteiger charge is -2.33. The van der Waals surface area contributed by atoms with E-state index >= 15 is 0 Å². The van der Waals surface area contributed by atoms with Crippen LogP contribution in [0.25, 0.3) is 0 Å². The van der Waals surface area contributed by atoms with Crippen LogP contribution in [0.3, 0.4) is 0 Å². The molecule has 0 aromatic carbocycles. The Kier molecular flexibility index (Phi) is 6.10. The molecule has 1 aromatic heterocycles. The van der Waals surface area contributed by atoms with Gasteiger partial charge in [0.2, 0.25) is 0 Å². The lowest BCUT2D eigenvalue weighted by atomic mass is 9.95. The Morgan fingerprint density at radius 3 is 2.72 bits per heavy atom. The minimum atomic E-state index is -0.0224. The third-order valence-corrected chi connectivity index (χ3v) is 5.31. The minimum Gasteiger partial charge on any atom is -0.356 e. The summed E-state index contributed by atoms with van der Waals surface area (Å²) in [6, 6.07) is 6.15. The molecule has 0 radical (unpaired) electrons. The van der Waals surface area contributed by atoms with Gasteiger partial charge in [-0.05, 0) is 43.7 Å². The molecule has 2 amide bonds. The number of nitrogens with one attached hydrogen (secondary N) is 2. The van der Waals surface area contributed by atoms with Gasteiger partial charge in [-0.1, -0.05) is 19.3 Å². The normalized spacial score (nSPS) is 19.2. The molecule has 0 atom stereocenters. The quantitative estimate of drug-likeness (QED) is 0.882. The van der Waals surface area contributed by atoms with Crippen molar-refractivity contribution in [1.82, 2.24) is 15.6 Å². The zero-order valence-corrected chi connectivity index (χ0v) is 14.7. The van der Waals surface area contributed by atoms with Crippen LogP contribution in [-0.2, 0) is 0 Å². The van der Waals surface area contributed by atoms with Gasteiger partial charge in [-0.15, -0.1) is 0 Å². The number of rotatable bonds is 4. The molecular formula is C19H27N5O. The molecule has 1 saturated carbocycles. The Labute approximate surface area is 149 Å². The zero-order valence-electron chi connectivity index (χ0n) is 14.7. The fraction of sp³-hybridized carbons (Fsp3) is 0.632. The van der Waals surface area contributed by atoms with Gasteiger partial charge in [-0.3, -0.25) is 0 Å². The lowest BCUT2D eigenvalue weighted by Crippen LogP contribution is -2.45. The summed E-state index contributed by atoms with van der Waals surface area (Å²) in [7, 11) is 0. The monoisotopic (exact) mass is 341 g/mol. The smallest absolute Gasteiger partial charge is 0.315 e. The molecule has 2 N–H and O–H groups in total. The van der Waals surface area contributed by atoms with Crippen LogP contribution in [0, 0.1) is 17.2 Å².